The number of aliphatic hydroxyl groups is 3. The summed E-state index contributed by atoms with van der Waals surface area (Å²) in [5.41, 5.74) is 4.56. The fourth-order valence-electron chi connectivity index (χ4n) is 5.90. The van der Waals surface area contributed by atoms with Crippen LogP contribution in [0.5, 0.6) is 0 Å². The number of H-pyrrole nitrogens is 2. The number of hydrogen-bond donors (Lipinski definition) is 8. The summed E-state index contributed by atoms with van der Waals surface area (Å²) in [6.07, 6.45) is -8.83. The number of ether oxygens (including phenoxy) is 3. The number of aryl methyl sites for hydroxylation is 2. The zero-order valence-electron chi connectivity index (χ0n) is 27.9. The topological polar surface area (TPSA) is 361 Å². The number of imidazole rings is 2. The molecule has 26 nitrogen and oxygen atoms in total. The highest BCUT2D eigenvalue weighted by Gasteiger charge is 2.50. The second-order valence-corrected chi connectivity index (χ2v) is 17.2. The van der Waals surface area contributed by atoms with Gasteiger partial charge in [0.15, 0.2) is 17.4 Å². The first-order valence-corrected chi connectivity index (χ1v) is 20.2. The smallest absolute Gasteiger partial charge is 0.387 e. The standard InChI is InChI=1S/C24H34N9O17P3/c1-9-27-18-12(20(37)28-9)26-7-32(18)23-16(36)17(44-3)11(48-23)6-46-52(40,41)50-53(42,43)49-51(4,39)45-5-10-14(34)15(35)22(47-10)33-8-31(2)13-19(33)29-24(25)30-21(13)38/h7-8,10-11,14-17,22-23,34-36H,5-6H2,1-4H3,(H5-,25,27,28,29,30,37,38,40,41,42,43)/p+1/t10-,11-,14+,15?,16?,17+,22-,23-,51?/m1/s1. The van der Waals surface area contributed by atoms with Crippen LogP contribution in [-0.4, -0.2) is 123 Å². The Morgan fingerprint density at radius 1 is 0.906 bits per heavy atom. The van der Waals surface area contributed by atoms with Gasteiger partial charge in [-0.25, -0.2) is 28.0 Å². The normalized spacial score (nSPS) is 29.8. The Hall–Kier alpha value is -3.29. The molecule has 6 heterocycles. The summed E-state index contributed by atoms with van der Waals surface area (Å²) in [5, 5.41) is 32.2. The zero-order valence-corrected chi connectivity index (χ0v) is 30.6. The minimum atomic E-state index is -5.72. The van der Waals surface area contributed by atoms with Gasteiger partial charge in [-0.15, -0.1) is 0 Å². The van der Waals surface area contributed by atoms with Gasteiger partial charge in [-0.05, 0) is 6.92 Å². The van der Waals surface area contributed by atoms with E-state index in [0.717, 1.165) is 0 Å². The van der Waals surface area contributed by atoms with Gasteiger partial charge in [0.05, 0.1) is 26.6 Å². The van der Waals surface area contributed by atoms with Crippen LogP contribution in [0.25, 0.3) is 22.3 Å². The van der Waals surface area contributed by atoms with E-state index >= 15 is 0 Å². The highest BCUT2D eigenvalue weighted by atomic mass is 31.3. The van der Waals surface area contributed by atoms with Gasteiger partial charge in [0.2, 0.25) is 18.5 Å². The first-order chi connectivity index (χ1) is 24.7. The first kappa shape index (κ1) is 39.4. The molecule has 0 radical (unpaired) electrons. The van der Waals surface area contributed by atoms with Crippen LogP contribution >= 0.6 is 23.2 Å². The second-order valence-electron chi connectivity index (χ2n) is 12.0. The van der Waals surface area contributed by atoms with Crippen molar-refractivity contribution in [1.29, 1.82) is 0 Å². The Morgan fingerprint density at radius 3 is 2.26 bits per heavy atom. The monoisotopic (exact) mass is 814 g/mol. The van der Waals surface area contributed by atoms with Gasteiger partial charge in [0.25, 0.3) is 16.7 Å². The van der Waals surface area contributed by atoms with Crippen LogP contribution in [0, 0.1) is 6.92 Å². The maximum Gasteiger partial charge on any atom is 0.488 e. The Labute approximate surface area is 295 Å². The van der Waals surface area contributed by atoms with E-state index in [1.807, 2.05) is 0 Å². The molecule has 2 saturated heterocycles. The van der Waals surface area contributed by atoms with Crippen molar-refractivity contribution in [1.82, 2.24) is 34.1 Å². The fraction of sp³-hybridized carbons (Fsp3) is 0.583. The molecule has 2 aliphatic heterocycles. The molecule has 2 aliphatic rings. The van der Waals surface area contributed by atoms with Crippen molar-refractivity contribution in [2.75, 3.05) is 32.7 Å². The molecule has 0 aliphatic carbocycles. The van der Waals surface area contributed by atoms with E-state index in [1.165, 1.54) is 47.4 Å². The van der Waals surface area contributed by atoms with Crippen molar-refractivity contribution in [3.8, 4) is 0 Å². The summed E-state index contributed by atoms with van der Waals surface area (Å²) in [5.74, 6) is 0.00561. The van der Waals surface area contributed by atoms with Crippen LogP contribution in [0.3, 0.4) is 0 Å². The number of aromatic nitrogens is 8. The van der Waals surface area contributed by atoms with E-state index in [4.69, 9.17) is 29.0 Å². The second kappa shape index (κ2) is 14.4. The number of methoxy groups -OCH3 is 1. The largest absolute Gasteiger partial charge is 0.488 e. The lowest BCUT2D eigenvalue weighted by atomic mass is 10.1. The molecule has 0 spiro atoms. The Kier molecular flexibility index (Phi) is 10.7. The van der Waals surface area contributed by atoms with E-state index in [1.54, 1.807) is 0 Å². The molecule has 5 unspecified atom stereocenters. The van der Waals surface area contributed by atoms with Crippen LogP contribution in [0.1, 0.15) is 18.3 Å². The number of aliphatic hydroxyl groups excluding tert-OH is 3. The number of nitrogen functional groups attached to an aromatic ring is 1. The van der Waals surface area contributed by atoms with E-state index in [2.05, 4.69) is 33.5 Å². The average molecular weight is 815 g/mol. The van der Waals surface area contributed by atoms with Gasteiger partial charge >= 0.3 is 28.8 Å². The number of hydrogen-bond acceptors (Lipinski definition) is 19. The summed E-state index contributed by atoms with van der Waals surface area (Å²) in [7, 11) is -13.2. The number of nitrogens with two attached hydrogens (primary N) is 1. The third-order valence-electron chi connectivity index (χ3n) is 8.14. The summed E-state index contributed by atoms with van der Waals surface area (Å²) in [6.45, 7) is 0.545. The van der Waals surface area contributed by atoms with Crippen LogP contribution < -0.4 is 21.4 Å². The van der Waals surface area contributed by atoms with Crippen molar-refractivity contribution >= 4 is 51.5 Å². The van der Waals surface area contributed by atoms with E-state index in [-0.39, 0.29) is 34.1 Å². The van der Waals surface area contributed by atoms with Gasteiger partial charge < -0.3 is 54.6 Å². The average Bonchev–Trinajstić information content (AvgIpc) is 3.76. The number of anilines is 1. The lowest BCUT2D eigenvalue weighted by Gasteiger charge is -2.22. The molecule has 0 saturated carbocycles. The van der Waals surface area contributed by atoms with E-state index in [0.29, 0.717) is 6.66 Å². The summed E-state index contributed by atoms with van der Waals surface area (Å²) >= 11 is 0. The van der Waals surface area contributed by atoms with Crippen molar-refractivity contribution in [2.45, 2.75) is 56.0 Å². The third-order valence-corrected chi connectivity index (χ3v) is 12.9. The van der Waals surface area contributed by atoms with Gasteiger partial charge in [-0.3, -0.25) is 28.2 Å². The molecule has 2 fully saturated rings. The van der Waals surface area contributed by atoms with Gasteiger partial charge in [-0.2, -0.15) is 13.9 Å². The molecule has 292 valence electrons. The van der Waals surface area contributed by atoms with Crippen molar-refractivity contribution in [2.24, 2.45) is 7.05 Å². The molecule has 9 N–H and O–H groups in total. The first-order valence-electron chi connectivity index (χ1n) is 15.2. The number of fused-ring (bicyclic) bond motifs is 2. The highest BCUT2D eigenvalue weighted by Crippen LogP contribution is 2.68. The van der Waals surface area contributed by atoms with Crippen LogP contribution in [0.2, 0.25) is 0 Å². The van der Waals surface area contributed by atoms with E-state index in [9.17, 15) is 48.4 Å². The quantitative estimate of drug-likeness (QED) is 0.0513. The Balaban J connectivity index is 1.06. The molecule has 11 atom stereocenters. The van der Waals surface area contributed by atoms with Crippen molar-refractivity contribution in [3.63, 3.8) is 0 Å². The minimum absolute atomic E-state index is 0.00434. The predicted octanol–water partition coefficient (Wildman–Crippen LogP) is -2.44. The van der Waals surface area contributed by atoms with Crippen LogP contribution in [0.15, 0.2) is 22.2 Å². The number of phosphoric ester groups is 1. The fourth-order valence-corrected chi connectivity index (χ4v) is 9.97. The number of rotatable bonds is 13. The Morgan fingerprint density at radius 2 is 1.57 bits per heavy atom. The SMILES string of the molecule is CO[C@@H]1C(O)[C@H](n2cnc3c(=O)[nH]c(C)nc32)O[C@@H]1COP(=O)(O)OP(=O)(O)OP(C)(=O)OC[C@H]1O[C@@H](n2c[n+](C)c3c(=O)[nH]c(N)nc32)C(O)[C@H]1O. The van der Waals surface area contributed by atoms with Crippen LogP contribution in [-0.2, 0) is 52.6 Å². The molecule has 6 rings (SSSR count). The summed E-state index contributed by atoms with van der Waals surface area (Å²) in [6, 6.07) is 0. The maximum atomic E-state index is 13.0. The number of nitrogens with zero attached hydrogens (tertiary/aromatic N) is 6. The zero-order chi connectivity index (χ0) is 38.8. The predicted molar refractivity (Wildman–Crippen MR) is 173 cm³/mol. The molecular formula is C24H35N9O17P3+. The molecule has 53 heavy (non-hydrogen) atoms. The highest BCUT2D eigenvalue weighted by molar-refractivity contribution is 7.68. The van der Waals surface area contributed by atoms with E-state index < -0.39 is 96.7 Å². The van der Waals surface area contributed by atoms with Crippen molar-refractivity contribution < 1.29 is 75.2 Å². The molecule has 0 bridgehead atoms. The summed E-state index contributed by atoms with van der Waals surface area (Å²) in [4.78, 5) is 62.0. The molecule has 29 heteroatoms. The number of nitrogens with one attached hydrogen (secondary N) is 2. The minimum Gasteiger partial charge on any atom is -0.387 e. The Bertz CT molecular complexity index is 2300. The summed E-state index contributed by atoms with van der Waals surface area (Å²) < 4.78 is 77.6. The molecular weight excluding hydrogens is 779 g/mol. The molecule has 4 aromatic rings. The van der Waals surface area contributed by atoms with Gasteiger partial charge in [0.1, 0.15) is 42.4 Å². The molecule has 4 aromatic heterocycles. The third kappa shape index (κ3) is 7.94. The maximum absolute atomic E-state index is 13.0. The lowest BCUT2D eigenvalue weighted by Crippen LogP contribution is -2.35. The molecule has 0 aromatic carbocycles. The van der Waals surface area contributed by atoms with Gasteiger partial charge in [-0.1, -0.05) is 0 Å². The number of aromatic amines is 2. The van der Waals surface area contributed by atoms with Crippen molar-refractivity contribution in [3.05, 3.63) is 39.2 Å². The lowest BCUT2D eigenvalue weighted by molar-refractivity contribution is -0.646. The number of phosphoric acid groups is 2. The van der Waals surface area contributed by atoms with Gasteiger partial charge in [0, 0.05) is 13.8 Å². The van der Waals surface area contributed by atoms with Crippen LogP contribution in [0.4, 0.5) is 5.95 Å². The molecule has 0 amide bonds.